The Balaban J connectivity index is 2.12. The van der Waals surface area contributed by atoms with Gasteiger partial charge in [-0.25, -0.2) is 4.39 Å². The summed E-state index contributed by atoms with van der Waals surface area (Å²) in [5.74, 6) is -0.452. The Morgan fingerprint density at radius 2 is 2.32 bits per heavy atom. The maximum atomic E-state index is 13.3. The summed E-state index contributed by atoms with van der Waals surface area (Å²) in [6.07, 6.45) is 0.377. The number of benzene rings is 1. The van der Waals surface area contributed by atoms with Gasteiger partial charge >= 0.3 is 0 Å². The average Bonchev–Trinajstić information content (AvgIpc) is 2.88. The van der Waals surface area contributed by atoms with Gasteiger partial charge in [-0.3, -0.25) is 4.79 Å². The largest absolute Gasteiger partial charge is 0.494 e. The fraction of sp³-hybridized carbons (Fsp3) is 0.500. The van der Waals surface area contributed by atoms with Crippen molar-refractivity contribution in [1.82, 2.24) is 4.90 Å². The van der Waals surface area contributed by atoms with Crippen LogP contribution in [0.2, 0.25) is 0 Å². The highest BCUT2D eigenvalue weighted by Gasteiger charge is 2.29. The molecule has 0 radical (unpaired) electrons. The van der Waals surface area contributed by atoms with E-state index in [-0.39, 0.29) is 17.6 Å². The molecule has 2 atom stereocenters. The number of ether oxygens (including phenoxy) is 1. The molecule has 1 fully saturated rings. The summed E-state index contributed by atoms with van der Waals surface area (Å²) in [5.41, 5.74) is 0.407. The molecule has 19 heavy (non-hydrogen) atoms. The van der Waals surface area contributed by atoms with Gasteiger partial charge in [-0.2, -0.15) is 0 Å². The Hall–Kier alpha value is -1.62. The number of nitrogens with zero attached hydrogens (tertiary/aromatic N) is 1. The van der Waals surface area contributed by atoms with Gasteiger partial charge in [0, 0.05) is 24.6 Å². The standard InChI is InChI=1S/C14H18FNO3/c1-9(17)11-5-6-16(8-11)14(18)10-3-4-12(15)13(7-10)19-2/h3-4,7,9,11,17H,5-6,8H2,1-2H3. The van der Waals surface area contributed by atoms with Crippen LogP contribution in [-0.2, 0) is 0 Å². The van der Waals surface area contributed by atoms with Crippen LogP contribution in [-0.4, -0.2) is 42.2 Å². The Morgan fingerprint density at radius 1 is 1.58 bits per heavy atom. The number of hydrogen-bond acceptors (Lipinski definition) is 3. The number of methoxy groups -OCH3 is 1. The number of aliphatic hydroxyl groups excluding tert-OH is 1. The van der Waals surface area contributed by atoms with Crippen LogP contribution in [0.1, 0.15) is 23.7 Å². The van der Waals surface area contributed by atoms with Crippen LogP contribution in [0.25, 0.3) is 0 Å². The molecule has 1 aromatic rings. The molecular formula is C14H18FNO3. The van der Waals surface area contributed by atoms with Crippen molar-refractivity contribution in [3.63, 3.8) is 0 Å². The number of aliphatic hydroxyl groups is 1. The smallest absolute Gasteiger partial charge is 0.254 e. The quantitative estimate of drug-likeness (QED) is 0.906. The summed E-state index contributed by atoms with van der Waals surface area (Å²) >= 11 is 0. The molecule has 2 rings (SSSR count). The Bertz CT molecular complexity index is 476. The molecule has 1 aliphatic rings. The minimum Gasteiger partial charge on any atom is -0.494 e. The Kier molecular flexibility index (Phi) is 4.04. The molecular weight excluding hydrogens is 249 g/mol. The van der Waals surface area contributed by atoms with Crippen molar-refractivity contribution >= 4 is 5.91 Å². The van der Waals surface area contributed by atoms with E-state index in [9.17, 15) is 14.3 Å². The van der Waals surface area contributed by atoms with Gasteiger partial charge in [0.1, 0.15) is 0 Å². The zero-order valence-corrected chi connectivity index (χ0v) is 11.1. The lowest BCUT2D eigenvalue weighted by molar-refractivity contribution is 0.0762. The number of hydrogen-bond donors (Lipinski definition) is 1. The second-order valence-electron chi connectivity index (χ2n) is 4.89. The fourth-order valence-electron chi connectivity index (χ4n) is 2.34. The van der Waals surface area contributed by atoms with Gasteiger partial charge in [0.25, 0.3) is 5.91 Å². The summed E-state index contributed by atoms with van der Waals surface area (Å²) in [5, 5.41) is 9.53. The third kappa shape index (κ3) is 2.87. The zero-order valence-electron chi connectivity index (χ0n) is 11.1. The molecule has 0 bridgehead atoms. The lowest BCUT2D eigenvalue weighted by atomic mass is 10.0. The van der Waals surface area contributed by atoms with E-state index in [0.29, 0.717) is 18.7 Å². The molecule has 0 aliphatic carbocycles. The molecule has 1 amide bonds. The molecule has 2 unspecified atom stereocenters. The average molecular weight is 267 g/mol. The minimum absolute atomic E-state index is 0.0668. The molecule has 1 N–H and O–H groups in total. The summed E-state index contributed by atoms with van der Waals surface area (Å²) < 4.78 is 18.2. The first-order valence-corrected chi connectivity index (χ1v) is 6.33. The number of likely N-dealkylation sites (tertiary alicyclic amines) is 1. The van der Waals surface area contributed by atoms with E-state index >= 15 is 0 Å². The molecule has 0 spiro atoms. The number of amides is 1. The summed E-state index contributed by atoms with van der Waals surface area (Å²) in [6, 6.07) is 4.09. The predicted octanol–water partition coefficient (Wildman–Crippen LogP) is 1.68. The number of carbonyl (C=O) groups is 1. The number of rotatable bonds is 3. The van der Waals surface area contributed by atoms with E-state index in [0.717, 1.165) is 6.42 Å². The summed E-state index contributed by atoms with van der Waals surface area (Å²) in [6.45, 7) is 2.89. The second-order valence-corrected chi connectivity index (χ2v) is 4.89. The van der Waals surface area contributed by atoms with Crippen molar-refractivity contribution in [2.24, 2.45) is 5.92 Å². The lowest BCUT2D eigenvalue weighted by Gasteiger charge is -2.18. The Labute approximate surface area is 111 Å². The van der Waals surface area contributed by atoms with Gasteiger partial charge in [0.05, 0.1) is 13.2 Å². The van der Waals surface area contributed by atoms with Gasteiger partial charge in [-0.1, -0.05) is 0 Å². The minimum atomic E-state index is -0.484. The monoisotopic (exact) mass is 267 g/mol. The normalized spacial score (nSPS) is 20.4. The third-order valence-electron chi connectivity index (χ3n) is 3.59. The second kappa shape index (κ2) is 5.57. The molecule has 1 heterocycles. The summed E-state index contributed by atoms with van der Waals surface area (Å²) in [4.78, 5) is 13.9. The fourth-order valence-corrected chi connectivity index (χ4v) is 2.34. The van der Waals surface area contributed by atoms with Crippen LogP contribution in [0.4, 0.5) is 4.39 Å². The van der Waals surface area contributed by atoms with Crippen LogP contribution in [0, 0.1) is 11.7 Å². The van der Waals surface area contributed by atoms with E-state index in [1.54, 1.807) is 11.8 Å². The third-order valence-corrected chi connectivity index (χ3v) is 3.59. The van der Waals surface area contributed by atoms with Crippen molar-refractivity contribution in [3.05, 3.63) is 29.6 Å². The molecule has 104 valence electrons. The molecule has 0 aromatic heterocycles. The van der Waals surface area contributed by atoms with Crippen LogP contribution < -0.4 is 4.74 Å². The van der Waals surface area contributed by atoms with Crippen LogP contribution in [0.5, 0.6) is 5.75 Å². The number of carbonyl (C=O) groups excluding carboxylic acids is 1. The van der Waals surface area contributed by atoms with Crippen molar-refractivity contribution in [2.75, 3.05) is 20.2 Å². The molecule has 5 heteroatoms. The predicted molar refractivity (Wildman–Crippen MR) is 68.6 cm³/mol. The van der Waals surface area contributed by atoms with Gasteiger partial charge in [-0.05, 0) is 31.5 Å². The maximum absolute atomic E-state index is 13.3. The molecule has 4 nitrogen and oxygen atoms in total. The topological polar surface area (TPSA) is 49.8 Å². The first-order valence-electron chi connectivity index (χ1n) is 6.33. The highest BCUT2D eigenvalue weighted by molar-refractivity contribution is 5.94. The van der Waals surface area contributed by atoms with Crippen LogP contribution >= 0.6 is 0 Å². The van der Waals surface area contributed by atoms with Crippen molar-refractivity contribution in [1.29, 1.82) is 0 Å². The van der Waals surface area contributed by atoms with Crippen molar-refractivity contribution in [3.8, 4) is 5.75 Å². The molecule has 1 aliphatic heterocycles. The van der Waals surface area contributed by atoms with Gasteiger partial charge in [0.2, 0.25) is 0 Å². The first-order chi connectivity index (χ1) is 9.02. The lowest BCUT2D eigenvalue weighted by Crippen LogP contribution is -2.30. The molecule has 0 saturated carbocycles. The van der Waals surface area contributed by atoms with E-state index in [4.69, 9.17) is 4.74 Å². The van der Waals surface area contributed by atoms with E-state index < -0.39 is 11.9 Å². The van der Waals surface area contributed by atoms with Crippen LogP contribution in [0.15, 0.2) is 18.2 Å². The summed E-state index contributed by atoms with van der Waals surface area (Å²) in [7, 11) is 1.37. The van der Waals surface area contributed by atoms with Gasteiger partial charge in [-0.15, -0.1) is 0 Å². The van der Waals surface area contributed by atoms with Gasteiger partial charge < -0.3 is 14.7 Å². The highest BCUT2D eigenvalue weighted by Crippen LogP contribution is 2.24. The first kappa shape index (κ1) is 13.8. The SMILES string of the molecule is COc1cc(C(=O)N2CCC(C(C)O)C2)ccc1F. The van der Waals surface area contributed by atoms with Crippen molar-refractivity contribution in [2.45, 2.75) is 19.4 Å². The zero-order chi connectivity index (χ0) is 14.0. The van der Waals surface area contributed by atoms with Crippen molar-refractivity contribution < 1.29 is 19.0 Å². The van der Waals surface area contributed by atoms with E-state index in [1.165, 1.54) is 25.3 Å². The highest BCUT2D eigenvalue weighted by atomic mass is 19.1. The van der Waals surface area contributed by atoms with E-state index in [2.05, 4.69) is 0 Å². The maximum Gasteiger partial charge on any atom is 0.254 e. The molecule has 1 aromatic carbocycles. The Morgan fingerprint density at radius 3 is 2.89 bits per heavy atom. The van der Waals surface area contributed by atoms with E-state index in [1.807, 2.05) is 0 Å². The molecule has 1 saturated heterocycles. The van der Waals surface area contributed by atoms with Gasteiger partial charge in [0.15, 0.2) is 11.6 Å². The van der Waals surface area contributed by atoms with Crippen LogP contribution in [0.3, 0.4) is 0 Å². The number of halogens is 1.